The topological polar surface area (TPSA) is 111 Å². The summed E-state index contributed by atoms with van der Waals surface area (Å²) in [6.07, 6.45) is 44.9. The Morgan fingerprint density at radius 1 is 0.517 bits per heavy atom. The first-order chi connectivity index (χ1) is 28.0. The summed E-state index contributed by atoms with van der Waals surface area (Å²) in [6, 6.07) is 0. The van der Waals surface area contributed by atoms with E-state index in [4.69, 9.17) is 18.5 Å². The van der Waals surface area contributed by atoms with Gasteiger partial charge in [0.15, 0.2) is 6.10 Å². The fraction of sp³-hybridized carbons (Fsp3) is 0.875. The summed E-state index contributed by atoms with van der Waals surface area (Å²) >= 11 is 0. The number of allylic oxidation sites excluding steroid dienone is 4. The van der Waals surface area contributed by atoms with Crippen LogP contribution in [-0.2, 0) is 32.7 Å². The minimum absolute atomic E-state index is 0.0316. The molecule has 0 spiro atoms. The number of esters is 2. The van der Waals surface area contributed by atoms with Crippen molar-refractivity contribution in [2.75, 3.05) is 47.5 Å². The van der Waals surface area contributed by atoms with Gasteiger partial charge in [-0.1, -0.05) is 167 Å². The SMILES string of the molecule is CCCCCCCC/C=C/CCCCCCCCCCCCCC(=O)O[C@H](COC(=O)CCCCC/C=C/CCCCCCCC)COP(=O)([O-])OCC[N+](C)(C)C. The third kappa shape index (κ3) is 44.1. The Labute approximate surface area is 358 Å². The van der Waals surface area contributed by atoms with E-state index in [0.717, 1.165) is 44.9 Å². The number of rotatable bonds is 44. The molecular weight excluding hydrogens is 750 g/mol. The zero-order valence-electron chi connectivity index (χ0n) is 38.5. The number of nitrogens with zero attached hydrogens (tertiary/aromatic N) is 1. The average molecular weight is 842 g/mol. The molecule has 2 atom stereocenters. The first kappa shape index (κ1) is 56.5. The number of likely N-dealkylation sites (N-methyl/N-ethyl adjacent to an activating group) is 1. The number of hydrogen-bond donors (Lipinski definition) is 0. The number of ether oxygens (including phenoxy) is 2. The van der Waals surface area contributed by atoms with E-state index in [1.165, 1.54) is 135 Å². The van der Waals surface area contributed by atoms with Crippen molar-refractivity contribution in [1.82, 2.24) is 0 Å². The van der Waals surface area contributed by atoms with Crippen molar-refractivity contribution in [3.63, 3.8) is 0 Å². The fourth-order valence-electron chi connectivity index (χ4n) is 6.64. The molecule has 9 nitrogen and oxygen atoms in total. The molecule has 0 rings (SSSR count). The largest absolute Gasteiger partial charge is 0.756 e. The van der Waals surface area contributed by atoms with Crippen molar-refractivity contribution < 1.29 is 42.1 Å². The molecule has 10 heteroatoms. The molecule has 0 aliphatic heterocycles. The van der Waals surface area contributed by atoms with Crippen molar-refractivity contribution in [3.8, 4) is 0 Å². The van der Waals surface area contributed by atoms with Crippen LogP contribution >= 0.6 is 7.82 Å². The van der Waals surface area contributed by atoms with Gasteiger partial charge in [-0.05, 0) is 64.2 Å². The fourth-order valence-corrected chi connectivity index (χ4v) is 7.37. The lowest BCUT2D eigenvalue weighted by atomic mass is 10.0. The third-order valence-electron chi connectivity index (χ3n) is 10.4. The molecule has 0 saturated carbocycles. The number of phosphoric acid groups is 1. The van der Waals surface area contributed by atoms with E-state index < -0.39 is 32.5 Å². The van der Waals surface area contributed by atoms with E-state index in [2.05, 4.69) is 38.2 Å². The second kappa shape index (κ2) is 40.9. The number of unbranched alkanes of at least 4 members (excludes halogenated alkanes) is 26. The van der Waals surface area contributed by atoms with E-state index in [-0.39, 0.29) is 26.1 Å². The van der Waals surface area contributed by atoms with Gasteiger partial charge in [0.2, 0.25) is 0 Å². The zero-order valence-corrected chi connectivity index (χ0v) is 39.4. The third-order valence-corrected chi connectivity index (χ3v) is 11.4. The van der Waals surface area contributed by atoms with Gasteiger partial charge in [0.05, 0.1) is 27.7 Å². The van der Waals surface area contributed by atoms with Gasteiger partial charge in [-0.3, -0.25) is 14.2 Å². The summed E-state index contributed by atoms with van der Waals surface area (Å²) in [6.45, 7) is 4.22. The van der Waals surface area contributed by atoms with E-state index in [0.29, 0.717) is 23.9 Å². The van der Waals surface area contributed by atoms with Crippen LogP contribution in [0, 0.1) is 0 Å². The highest BCUT2D eigenvalue weighted by atomic mass is 31.2. The number of hydrogen-bond acceptors (Lipinski definition) is 8. The van der Waals surface area contributed by atoms with Crippen LogP contribution in [0.2, 0.25) is 0 Å². The van der Waals surface area contributed by atoms with Crippen molar-refractivity contribution in [1.29, 1.82) is 0 Å². The second-order valence-corrected chi connectivity index (χ2v) is 18.9. The second-order valence-electron chi connectivity index (χ2n) is 17.5. The molecule has 1 unspecified atom stereocenters. The minimum Gasteiger partial charge on any atom is -0.756 e. The number of carbonyl (C=O) groups is 2. The molecule has 0 amide bonds. The smallest absolute Gasteiger partial charge is 0.306 e. The molecule has 0 saturated heterocycles. The Morgan fingerprint density at radius 3 is 1.29 bits per heavy atom. The van der Waals surface area contributed by atoms with E-state index in [1.807, 2.05) is 21.1 Å². The molecule has 0 aromatic carbocycles. The normalized spacial score (nSPS) is 13.7. The highest BCUT2D eigenvalue weighted by Crippen LogP contribution is 2.38. The van der Waals surface area contributed by atoms with Gasteiger partial charge in [-0.15, -0.1) is 0 Å². The maximum atomic E-state index is 12.7. The summed E-state index contributed by atoms with van der Waals surface area (Å²) in [7, 11) is 1.16. The standard InChI is InChI=1S/C48H92NO8P/c1-6-8-10-12-14-16-18-20-21-22-23-24-25-26-27-29-31-33-35-37-39-41-48(51)57-46(45-56-58(52,53)55-43-42-49(3,4)5)44-54-47(50)40-38-36-34-32-30-28-19-17-15-13-11-9-7-2/h20-21,28,30,46H,6-19,22-27,29,31-45H2,1-5H3/b21-20+,30-28+/t46-/m1/s1. The maximum Gasteiger partial charge on any atom is 0.306 e. The Hall–Kier alpha value is -1.51. The van der Waals surface area contributed by atoms with Crippen molar-refractivity contribution in [2.24, 2.45) is 0 Å². The lowest BCUT2D eigenvalue weighted by Gasteiger charge is -2.28. The molecule has 0 bridgehead atoms. The number of quaternary nitrogens is 1. The lowest BCUT2D eigenvalue weighted by molar-refractivity contribution is -0.870. The number of phosphoric ester groups is 1. The summed E-state index contributed by atoms with van der Waals surface area (Å²) in [5.41, 5.74) is 0. The van der Waals surface area contributed by atoms with E-state index in [1.54, 1.807) is 0 Å². The first-order valence-corrected chi connectivity index (χ1v) is 25.5. The lowest BCUT2D eigenvalue weighted by Crippen LogP contribution is -2.37. The predicted octanol–water partition coefficient (Wildman–Crippen LogP) is 13.3. The Bertz CT molecular complexity index is 1040. The molecule has 342 valence electrons. The minimum atomic E-state index is -4.63. The zero-order chi connectivity index (χ0) is 42.8. The summed E-state index contributed by atoms with van der Waals surface area (Å²) in [5.74, 6) is -0.847. The molecule has 0 aromatic rings. The molecule has 0 radical (unpaired) electrons. The highest BCUT2D eigenvalue weighted by Gasteiger charge is 2.21. The molecule has 58 heavy (non-hydrogen) atoms. The van der Waals surface area contributed by atoms with E-state index in [9.17, 15) is 19.0 Å². The van der Waals surface area contributed by atoms with Crippen LogP contribution in [0.25, 0.3) is 0 Å². The molecule has 0 aromatic heterocycles. The van der Waals surface area contributed by atoms with Gasteiger partial charge in [-0.25, -0.2) is 0 Å². The summed E-state index contributed by atoms with van der Waals surface area (Å²) < 4.78 is 33.9. The average Bonchev–Trinajstić information content (AvgIpc) is 3.17. The van der Waals surface area contributed by atoms with Crippen molar-refractivity contribution in [3.05, 3.63) is 24.3 Å². The Kier molecular flexibility index (Phi) is 39.8. The summed E-state index contributed by atoms with van der Waals surface area (Å²) in [4.78, 5) is 37.6. The van der Waals surface area contributed by atoms with Gasteiger partial charge >= 0.3 is 11.9 Å². The molecule has 0 aliphatic rings. The van der Waals surface area contributed by atoms with E-state index >= 15 is 0 Å². The first-order valence-electron chi connectivity index (χ1n) is 24.0. The van der Waals surface area contributed by atoms with Crippen LogP contribution in [0.3, 0.4) is 0 Å². The van der Waals surface area contributed by atoms with Crippen molar-refractivity contribution in [2.45, 2.75) is 225 Å². The highest BCUT2D eigenvalue weighted by molar-refractivity contribution is 7.45. The molecule has 0 N–H and O–H groups in total. The molecule has 0 heterocycles. The Balaban J connectivity index is 4.26. The quantitative estimate of drug-likeness (QED) is 0.0196. The van der Waals surface area contributed by atoms with Gasteiger partial charge in [0.25, 0.3) is 7.82 Å². The van der Waals surface area contributed by atoms with Gasteiger partial charge < -0.3 is 27.9 Å². The van der Waals surface area contributed by atoms with Crippen LogP contribution in [0.1, 0.15) is 219 Å². The van der Waals surface area contributed by atoms with Gasteiger partial charge in [0, 0.05) is 12.8 Å². The molecule has 0 aliphatic carbocycles. The Morgan fingerprint density at radius 2 is 0.879 bits per heavy atom. The predicted molar refractivity (Wildman–Crippen MR) is 241 cm³/mol. The number of carbonyl (C=O) groups excluding carboxylic acids is 2. The maximum absolute atomic E-state index is 12.7. The monoisotopic (exact) mass is 842 g/mol. The molecule has 0 fully saturated rings. The van der Waals surface area contributed by atoms with Gasteiger partial charge in [-0.2, -0.15) is 0 Å². The summed E-state index contributed by atoms with van der Waals surface area (Å²) in [5, 5.41) is 0. The van der Waals surface area contributed by atoms with Crippen LogP contribution < -0.4 is 4.89 Å². The van der Waals surface area contributed by atoms with Crippen LogP contribution in [0.15, 0.2) is 24.3 Å². The molecular formula is C48H92NO8P. The van der Waals surface area contributed by atoms with Crippen LogP contribution in [0.4, 0.5) is 0 Å². The van der Waals surface area contributed by atoms with Crippen LogP contribution in [-0.4, -0.2) is 70.0 Å². The van der Waals surface area contributed by atoms with Crippen molar-refractivity contribution >= 4 is 19.8 Å². The van der Waals surface area contributed by atoms with Crippen LogP contribution in [0.5, 0.6) is 0 Å². The van der Waals surface area contributed by atoms with Gasteiger partial charge in [0.1, 0.15) is 19.8 Å².